The van der Waals surface area contributed by atoms with Crippen molar-refractivity contribution >= 4 is 23.8 Å². The summed E-state index contributed by atoms with van der Waals surface area (Å²) in [5.41, 5.74) is 0.354. The van der Waals surface area contributed by atoms with Gasteiger partial charge < -0.3 is 9.57 Å². The second-order valence-corrected chi connectivity index (χ2v) is 5.34. The van der Waals surface area contributed by atoms with Crippen LogP contribution in [0, 0.1) is 0 Å². The third-order valence-electron chi connectivity index (χ3n) is 3.93. The number of imide groups is 1. The fraction of sp³-hybridized carbons (Fsp3) is 0.333. The molecule has 2 heterocycles. The standard InChI is InChI=1S/C15H14N2O6/c1-8-16(2)11(15(21)22-8)7-12(18)23-17-13(19)9-5-3-4-6-10(9)14(17)20/h3-6,8,11H,7H2,1-2H3. The second-order valence-electron chi connectivity index (χ2n) is 5.34. The maximum absolute atomic E-state index is 12.1. The monoisotopic (exact) mass is 318 g/mol. The van der Waals surface area contributed by atoms with E-state index in [9.17, 15) is 19.2 Å². The Labute approximate surface area is 131 Å². The van der Waals surface area contributed by atoms with Gasteiger partial charge in [0.25, 0.3) is 11.8 Å². The molecular formula is C15H14N2O6. The Hall–Kier alpha value is -2.74. The summed E-state index contributed by atoms with van der Waals surface area (Å²) in [6.07, 6.45) is -0.757. The molecule has 3 rings (SSSR count). The summed E-state index contributed by atoms with van der Waals surface area (Å²) < 4.78 is 4.98. The molecule has 2 aliphatic heterocycles. The fourth-order valence-electron chi connectivity index (χ4n) is 2.52. The summed E-state index contributed by atoms with van der Waals surface area (Å²) in [5.74, 6) is -2.80. The highest BCUT2D eigenvalue weighted by atomic mass is 16.7. The zero-order valence-corrected chi connectivity index (χ0v) is 12.5. The smallest absolute Gasteiger partial charge is 0.335 e. The van der Waals surface area contributed by atoms with Gasteiger partial charge in [-0.2, -0.15) is 0 Å². The SMILES string of the molecule is CC1OC(=O)C(CC(=O)ON2C(=O)c3ccccc3C2=O)N1C. The van der Waals surface area contributed by atoms with Crippen LogP contribution in [0.25, 0.3) is 0 Å². The summed E-state index contributed by atoms with van der Waals surface area (Å²) in [6.45, 7) is 1.67. The van der Waals surface area contributed by atoms with Crippen LogP contribution < -0.4 is 0 Å². The van der Waals surface area contributed by atoms with Crippen LogP contribution in [0.5, 0.6) is 0 Å². The van der Waals surface area contributed by atoms with Gasteiger partial charge in [0, 0.05) is 0 Å². The number of fused-ring (bicyclic) bond motifs is 1. The predicted molar refractivity (Wildman–Crippen MR) is 74.8 cm³/mol. The molecule has 120 valence electrons. The lowest BCUT2D eigenvalue weighted by Gasteiger charge is -2.18. The van der Waals surface area contributed by atoms with Gasteiger partial charge >= 0.3 is 11.9 Å². The number of nitrogens with zero attached hydrogens (tertiary/aromatic N) is 2. The Balaban J connectivity index is 1.69. The van der Waals surface area contributed by atoms with Crippen molar-refractivity contribution in [2.75, 3.05) is 7.05 Å². The van der Waals surface area contributed by atoms with Crippen molar-refractivity contribution in [1.82, 2.24) is 9.96 Å². The fourth-order valence-corrected chi connectivity index (χ4v) is 2.52. The molecule has 0 saturated carbocycles. The summed E-state index contributed by atoms with van der Waals surface area (Å²) in [7, 11) is 1.63. The lowest BCUT2D eigenvalue weighted by atomic mass is 10.1. The molecule has 2 atom stereocenters. The maximum atomic E-state index is 12.1. The number of carbonyl (C=O) groups is 4. The van der Waals surface area contributed by atoms with E-state index in [1.165, 1.54) is 12.1 Å². The molecule has 2 aliphatic rings. The number of hydrogen-bond acceptors (Lipinski definition) is 7. The third-order valence-corrected chi connectivity index (χ3v) is 3.93. The molecule has 0 spiro atoms. The number of cyclic esters (lactones) is 1. The molecule has 1 fully saturated rings. The average molecular weight is 318 g/mol. The number of hydroxylamine groups is 2. The summed E-state index contributed by atoms with van der Waals surface area (Å²) in [5, 5.41) is 0.427. The quantitative estimate of drug-likeness (QED) is 0.586. The van der Waals surface area contributed by atoms with Gasteiger partial charge in [0.1, 0.15) is 6.04 Å². The zero-order chi connectivity index (χ0) is 16.7. The van der Waals surface area contributed by atoms with Crippen LogP contribution in [0.1, 0.15) is 34.1 Å². The number of amides is 2. The first-order valence-corrected chi connectivity index (χ1v) is 7.01. The van der Waals surface area contributed by atoms with Gasteiger partial charge in [0.2, 0.25) is 0 Å². The predicted octanol–water partition coefficient (Wildman–Crippen LogP) is 0.334. The number of hydrogen-bond donors (Lipinski definition) is 0. The normalized spacial score (nSPS) is 23.9. The van der Waals surface area contributed by atoms with Crippen LogP contribution in [0.4, 0.5) is 0 Å². The number of ether oxygens (including phenoxy) is 1. The van der Waals surface area contributed by atoms with Crippen molar-refractivity contribution in [1.29, 1.82) is 0 Å². The lowest BCUT2D eigenvalue weighted by molar-refractivity contribution is -0.170. The van der Waals surface area contributed by atoms with E-state index in [-0.39, 0.29) is 17.5 Å². The first-order chi connectivity index (χ1) is 10.9. The van der Waals surface area contributed by atoms with Crippen LogP contribution >= 0.6 is 0 Å². The largest absolute Gasteiger partial charge is 0.445 e. The Morgan fingerprint density at radius 2 is 1.74 bits per heavy atom. The van der Waals surface area contributed by atoms with Gasteiger partial charge in [-0.05, 0) is 26.1 Å². The van der Waals surface area contributed by atoms with Crippen molar-refractivity contribution in [3.05, 3.63) is 35.4 Å². The van der Waals surface area contributed by atoms with Crippen molar-refractivity contribution < 1.29 is 28.8 Å². The second kappa shape index (κ2) is 5.47. The van der Waals surface area contributed by atoms with Crippen molar-refractivity contribution in [3.8, 4) is 0 Å². The molecule has 23 heavy (non-hydrogen) atoms. The van der Waals surface area contributed by atoms with Crippen molar-refractivity contribution in [2.45, 2.75) is 25.6 Å². The molecule has 1 aromatic carbocycles. The van der Waals surface area contributed by atoms with E-state index in [4.69, 9.17) is 9.57 Å². The number of likely N-dealkylation sites (N-methyl/N-ethyl adjacent to an activating group) is 1. The Morgan fingerprint density at radius 3 is 2.22 bits per heavy atom. The van der Waals surface area contributed by atoms with E-state index in [1.54, 1.807) is 31.0 Å². The van der Waals surface area contributed by atoms with Crippen LogP contribution in [0.15, 0.2) is 24.3 Å². The van der Waals surface area contributed by atoms with Gasteiger partial charge in [0.15, 0.2) is 6.23 Å². The van der Waals surface area contributed by atoms with Gasteiger partial charge in [0.05, 0.1) is 17.5 Å². The average Bonchev–Trinajstić information content (AvgIpc) is 2.90. The van der Waals surface area contributed by atoms with Crippen LogP contribution in [0.2, 0.25) is 0 Å². The highest BCUT2D eigenvalue weighted by Crippen LogP contribution is 2.24. The number of esters is 1. The molecule has 2 unspecified atom stereocenters. The molecule has 0 N–H and O–H groups in total. The molecular weight excluding hydrogens is 304 g/mol. The summed E-state index contributed by atoms with van der Waals surface area (Å²) >= 11 is 0. The van der Waals surface area contributed by atoms with Crippen LogP contribution in [-0.2, 0) is 19.2 Å². The molecule has 8 heteroatoms. The molecule has 0 aromatic heterocycles. The summed E-state index contributed by atoms with van der Waals surface area (Å²) in [6, 6.07) is 5.38. The van der Waals surface area contributed by atoms with E-state index in [0.29, 0.717) is 5.06 Å². The van der Waals surface area contributed by atoms with Gasteiger partial charge in [-0.25, -0.2) is 4.79 Å². The van der Waals surface area contributed by atoms with Crippen LogP contribution in [0.3, 0.4) is 0 Å². The van der Waals surface area contributed by atoms with E-state index >= 15 is 0 Å². The van der Waals surface area contributed by atoms with Crippen molar-refractivity contribution in [3.63, 3.8) is 0 Å². The van der Waals surface area contributed by atoms with E-state index in [2.05, 4.69) is 0 Å². The Kier molecular flexibility index (Phi) is 3.61. The lowest BCUT2D eigenvalue weighted by Crippen LogP contribution is -2.38. The van der Waals surface area contributed by atoms with Gasteiger partial charge in [-0.1, -0.05) is 17.2 Å². The number of carbonyl (C=O) groups excluding carboxylic acids is 4. The highest BCUT2D eigenvalue weighted by molar-refractivity contribution is 6.20. The van der Waals surface area contributed by atoms with E-state index in [0.717, 1.165) is 0 Å². The van der Waals surface area contributed by atoms with E-state index < -0.39 is 36.0 Å². The molecule has 0 bridgehead atoms. The Morgan fingerprint density at radius 1 is 1.17 bits per heavy atom. The van der Waals surface area contributed by atoms with Crippen molar-refractivity contribution in [2.24, 2.45) is 0 Å². The minimum atomic E-state index is -0.859. The molecule has 8 nitrogen and oxygen atoms in total. The minimum Gasteiger partial charge on any atom is -0.445 e. The molecule has 2 amide bonds. The molecule has 1 aromatic rings. The third kappa shape index (κ3) is 2.46. The van der Waals surface area contributed by atoms with Gasteiger partial charge in [-0.15, -0.1) is 0 Å². The topological polar surface area (TPSA) is 93.2 Å². The summed E-state index contributed by atoms with van der Waals surface area (Å²) in [4.78, 5) is 54.3. The molecule has 0 aliphatic carbocycles. The zero-order valence-electron chi connectivity index (χ0n) is 12.5. The van der Waals surface area contributed by atoms with Crippen LogP contribution in [-0.4, -0.2) is 53.0 Å². The maximum Gasteiger partial charge on any atom is 0.335 e. The first kappa shape index (κ1) is 15.2. The first-order valence-electron chi connectivity index (χ1n) is 7.01. The Bertz CT molecular complexity index is 681. The van der Waals surface area contributed by atoms with E-state index in [1.807, 2.05) is 0 Å². The van der Waals surface area contributed by atoms with Gasteiger partial charge in [-0.3, -0.25) is 19.3 Å². The molecule has 0 radical (unpaired) electrons. The highest BCUT2D eigenvalue weighted by Gasteiger charge is 2.42. The molecule has 1 saturated heterocycles. The number of benzene rings is 1. The minimum absolute atomic E-state index is 0.177. The number of rotatable bonds is 3.